The van der Waals surface area contributed by atoms with E-state index in [2.05, 4.69) is 0 Å². The second-order valence-corrected chi connectivity index (χ2v) is 11.1. The Balaban J connectivity index is 1.56. The van der Waals surface area contributed by atoms with Crippen LogP contribution in [0, 0.1) is 11.8 Å². The van der Waals surface area contributed by atoms with E-state index in [1.54, 1.807) is 25.1 Å². The molecule has 1 saturated carbocycles. The van der Waals surface area contributed by atoms with Crippen LogP contribution in [0.25, 0.3) is 5.76 Å². The fourth-order valence-corrected chi connectivity index (χ4v) is 6.75. The molecule has 1 aromatic carbocycles. The molecule has 1 aliphatic heterocycles. The number of phenols is 1. The van der Waals surface area contributed by atoms with Crippen LogP contribution in [0.3, 0.4) is 0 Å². The number of ketones is 2. The number of morpholine rings is 1. The van der Waals surface area contributed by atoms with Gasteiger partial charge in [-0.15, -0.1) is 0 Å². The van der Waals surface area contributed by atoms with Crippen molar-refractivity contribution in [3.8, 4) is 5.75 Å². The summed E-state index contributed by atoms with van der Waals surface area (Å²) >= 11 is 0. The van der Waals surface area contributed by atoms with Gasteiger partial charge in [-0.25, -0.2) is 0 Å². The highest BCUT2D eigenvalue weighted by Crippen LogP contribution is 2.53. The van der Waals surface area contributed by atoms with Gasteiger partial charge in [0.05, 0.1) is 24.8 Å². The minimum Gasteiger partial charge on any atom is -0.508 e. The Labute approximate surface area is 230 Å². The first kappa shape index (κ1) is 27.8. The molecule has 12 heteroatoms. The molecule has 0 bridgehead atoms. The van der Waals surface area contributed by atoms with Gasteiger partial charge in [-0.1, -0.05) is 6.07 Å². The lowest BCUT2D eigenvalue weighted by Crippen LogP contribution is -2.65. The molecular weight excluding hydrogens is 522 g/mol. The molecule has 4 aliphatic rings. The zero-order valence-corrected chi connectivity index (χ0v) is 22.3. The van der Waals surface area contributed by atoms with Crippen molar-refractivity contribution in [3.63, 3.8) is 0 Å². The molecule has 3 aliphatic carbocycles. The summed E-state index contributed by atoms with van der Waals surface area (Å²) in [6, 6.07) is 1.91. The summed E-state index contributed by atoms with van der Waals surface area (Å²) in [5.41, 5.74) is 2.92. The predicted molar refractivity (Wildman–Crippen MR) is 140 cm³/mol. The molecule has 4 atom stereocenters. The number of aryl methyl sites for hydroxylation is 1. The van der Waals surface area contributed by atoms with Gasteiger partial charge >= 0.3 is 0 Å². The van der Waals surface area contributed by atoms with E-state index in [1.165, 1.54) is 11.0 Å². The molecule has 0 aromatic heterocycles. The topological polar surface area (TPSA) is 191 Å². The summed E-state index contributed by atoms with van der Waals surface area (Å²) in [7, 11) is 3.10. The van der Waals surface area contributed by atoms with Crippen LogP contribution in [0.1, 0.15) is 29.5 Å². The minimum absolute atomic E-state index is 0.00751. The number of hydrogen-bond acceptors (Lipinski definition) is 10. The van der Waals surface area contributed by atoms with E-state index in [4.69, 9.17) is 10.5 Å². The van der Waals surface area contributed by atoms with E-state index >= 15 is 0 Å². The summed E-state index contributed by atoms with van der Waals surface area (Å²) < 4.78 is 5.30. The number of likely N-dealkylation sites (N-methyl/N-ethyl adjacent to an activating group) is 1. The smallest absolute Gasteiger partial charge is 0.255 e. The number of phenolic OH excluding ortho intramolecular Hbond substituents is 1. The number of primary amides is 1. The molecule has 5 rings (SSSR count). The number of fused-ring (bicyclic) bond motifs is 3. The molecule has 40 heavy (non-hydrogen) atoms. The van der Waals surface area contributed by atoms with Crippen molar-refractivity contribution in [2.24, 2.45) is 17.6 Å². The Morgan fingerprint density at radius 2 is 1.82 bits per heavy atom. The van der Waals surface area contributed by atoms with Gasteiger partial charge in [0.2, 0.25) is 11.7 Å². The molecule has 0 radical (unpaired) electrons. The largest absolute Gasteiger partial charge is 0.508 e. The van der Waals surface area contributed by atoms with E-state index in [9.17, 15) is 39.6 Å². The average molecular weight is 556 g/mol. The van der Waals surface area contributed by atoms with E-state index in [0.29, 0.717) is 38.3 Å². The first-order valence-corrected chi connectivity index (χ1v) is 13.2. The number of rotatable bonds is 5. The van der Waals surface area contributed by atoms with Crippen molar-refractivity contribution in [1.29, 1.82) is 0 Å². The zero-order valence-electron chi connectivity index (χ0n) is 22.3. The Morgan fingerprint density at radius 3 is 2.45 bits per heavy atom. The predicted octanol–water partition coefficient (Wildman–Crippen LogP) is -0.245. The number of aliphatic hydroxyl groups excluding tert-OH is 2. The lowest BCUT2D eigenvalue weighted by atomic mass is 9.57. The number of nitrogens with two attached hydrogens (primary N) is 1. The maximum absolute atomic E-state index is 13.9. The zero-order chi connectivity index (χ0) is 29.1. The molecule has 1 heterocycles. The lowest BCUT2D eigenvalue weighted by Gasteiger charge is -2.50. The van der Waals surface area contributed by atoms with Gasteiger partial charge in [-0.05, 0) is 56.5 Å². The number of carbonyl (C=O) groups excluding carboxylic acids is 4. The SMILES string of the molecule is CN(C)[C@H]1C(=O)C(C(N)=O)=C(O)[C@]2(O)C(=O)C3=C(O)c4c(O)ccc(CCC(=O)N5CCOCC5)c4C[C@@H]3C[C@H]12. The summed E-state index contributed by atoms with van der Waals surface area (Å²) in [5.74, 6) is -6.94. The van der Waals surface area contributed by atoms with Crippen molar-refractivity contribution in [3.05, 3.63) is 45.7 Å². The summed E-state index contributed by atoms with van der Waals surface area (Å²) in [6.07, 6.45) is 0.726. The van der Waals surface area contributed by atoms with Crippen molar-refractivity contribution in [2.45, 2.75) is 37.3 Å². The number of aromatic hydroxyl groups is 1. The average Bonchev–Trinajstić information content (AvgIpc) is 2.90. The van der Waals surface area contributed by atoms with Crippen LogP contribution >= 0.6 is 0 Å². The van der Waals surface area contributed by atoms with E-state index in [1.807, 2.05) is 0 Å². The normalized spacial score (nSPS) is 28.4. The molecule has 1 saturated heterocycles. The van der Waals surface area contributed by atoms with Crippen LogP contribution < -0.4 is 5.73 Å². The fourth-order valence-electron chi connectivity index (χ4n) is 6.75. The molecular formula is C28H33N3O9. The van der Waals surface area contributed by atoms with Crippen LogP contribution in [-0.4, -0.2) is 106 Å². The van der Waals surface area contributed by atoms with Gasteiger partial charge in [-0.3, -0.25) is 24.1 Å². The lowest BCUT2D eigenvalue weighted by molar-refractivity contribution is -0.153. The first-order valence-electron chi connectivity index (χ1n) is 13.2. The quantitative estimate of drug-likeness (QED) is 0.303. The highest BCUT2D eigenvalue weighted by Gasteiger charge is 2.64. The van der Waals surface area contributed by atoms with Crippen LogP contribution in [0.5, 0.6) is 5.75 Å². The number of carbonyl (C=O) groups is 4. The van der Waals surface area contributed by atoms with Gasteiger partial charge in [0, 0.05) is 31.0 Å². The molecule has 1 aromatic rings. The van der Waals surface area contributed by atoms with E-state index < -0.39 is 58.0 Å². The Morgan fingerprint density at radius 1 is 1.15 bits per heavy atom. The highest BCUT2D eigenvalue weighted by molar-refractivity contribution is 6.24. The van der Waals surface area contributed by atoms with Crippen molar-refractivity contribution in [1.82, 2.24) is 9.80 Å². The number of ether oxygens (including phenoxy) is 1. The van der Waals surface area contributed by atoms with Crippen LogP contribution in [0.2, 0.25) is 0 Å². The third kappa shape index (κ3) is 4.09. The number of nitrogens with zero attached hydrogens (tertiary/aromatic N) is 2. The third-order valence-corrected chi connectivity index (χ3v) is 8.67. The third-order valence-electron chi connectivity index (χ3n) is 8.67. The Bertz CT molecular complexity index is 1370. The Hall–Kier alpha value is -3.74. The van der Waals surface area contributed by atoms with Gasteiger partial charge in [-0.2, -0.15) is 0 Å². The van der Waals surface area contributed by atoms with Crippen molar-refractivity contribution in [2.75, 3.05) is 40.4 Å². The van der Waals surface area contributed by atoms with Gasteiger partial charge in [0.15, 0.2) is 11.4 Å². The molecule has 0 spiro atoms. The van der Waals surface area contributed by atoms with E-state index in [0.717, 1.165) is 5.56 Å². The standard InChI is InChI=1S/C28H33N3O9/c1-30(2)22-16-12-14-11-15-13(4-6-18(33)31-7-9-40-10-8-31)3-5-17(32)20(15)23(34)19(14)25(36)28(16,39)26(37)21(24(22)35)27(29)38/h3,5,14,16,22,32,34,37,39H,4,6-12H2,1-2H3,(H2,29,38)/t14-,16-,22-,28-/m1/s1. The number of aliphatic hydroxyl groups is 3. The Kier molecular flexibility index (Phi) is 6.97. The summed E-state index contributed by atoms with van der Waals surface area (Å²) in [6.45, 7) is 1.98. The number of hydrogen-bond donors (Lipinski definition) is 5. The maximum Gasteiger partial charge on any atom is 0.255 e. The monoisotopic (exact) mass is 555 g/mol. The van der Waals surface area contributed by atoms with Gasteiger partial charge in [0.1, 0.15) is 22.8 Å². The molecule has 2 fully saturated rings. The molecule has 2 amide bonds. The summed E-state index contributed by atoms with van der Waals surface area (Å²) in [5, 5.41) is 44.6. The molecule has 0 unspecified atom stereocenters. The van der Waals surface area contributed by atoms with Gasteiger partial charge in [0.25, 0.3) is 5.91 Å². The van der Waals surface area contributed by atoms with Crippen LogP contribution in [0.15, 0.2) is 29.0 Å². The fraction of sp³-hybridized carbons (Fsp3) is 0.500. The van der Waals surface area contributed by atoms with Crippen molar-refractivity contribution < 1.29 is 44.3 Å². The van der Waals surface area contributed by atoms with Gasteiger partial charge < -0.3 is 35.8 Å². The van der Waals surface area contributed by atoms with E-state index in [-0.39, 0.29) is 42.1 Å². The molecule has 6 N–H and O–H groups in total. The first-order chi connectivity index (χ1) is 18.9. The van der Waals surface area contributed by atoms with Crippen molar-refractivity contribution >= 4 is 29.1 Å². The molecule has 214 valence electrons. The number of amides is 2. The second-order valence-electron chi connectivity index (χ2n) is 11.1. The molecule has 12 nitrogen and oxygen atoms in total. The maximum atomic E-state index is 13.9. The highest BCUT2D eigenvalue weighted by atomic mass is 16.5. The van der Waals surface area contributed by atoms with Crippen LogP contribution in [0.4, 0.5) is 0 Å². The van der Waals surface area contributed by atoms with Crippen LogP contribution in [-0.2, 0) is 36.8 Å². The number of Topliss-reactive ketones (excluding diaryl/α,β-unsaturated/α-hetero) is 2. The number of benzene rings is 1. The second kappa shape index (κ2) is 10.0. The summed E-state index contributed by atoms with van der Waals surface area (Å²) in [4.78, 5) is 55.1. The minimum atomic E-state index is -2.68.